The van der Waals surface area contributed by atoms with Gasteiger partial charge in [-0.15, -0.1) is 0 Å². The second-order valence-corrected chi connectivity index (χ2v) is 5.18. The number of nitrogens with zero attached hydrogens (tertiary/aromatic N) is 2. The van der Waals surface area contributed by atoms with Crippen LogP contribution < -0.4 is 0 Å². The second kappa shape index (κ2) is 7.06. The molecule has 1 aliphatic heterocycles. The zero-order valence-electron chi connectivity index (χ0n) is 11.8. The van der Waals surface area contributed by atoms with E-state index in [0.717, 1.165) is 31.4 Å². The highest BCUT2D eigenvalue weighted by atomic mass is 16.5. The molecule has 106 valence electrons. The SMILES string of the molecule is CN(CC1CCCCO1)C(=O)C(C#N)c1ccccc1. The highest BCUT2D eigenvalue weighted by molar-refractivity contribution is 5.86. The molecule has 20 heavy (non-hydrogen) atoms. The van der Waals surface area contributed by atoms with Gasteiger partial charge >= 0.3 is 0 Å². The molecule has 1 aromatic rings. The summed E-state index contributed by atoms with van der Waals surface area (Å²) in [6.45, 7) is 1.33. The van der Waals surface area contributed by atoms with E-state index in [2.05, 4.69) is 6.07 Å². The minimum absolute atomic E-state index is 0.104. The lowest BCUT2D eigenvalue weighted by molar-refractivity contribution is -0.132. The Hall–Kier alpha value is -1.86. The summed E-state index contributed by atoms with van der Waals surface area (Å²) in [7, 11) is 1.74. The van der Waals surface area contributed by atoms with Crippen molar-refractivity contribution in [1.82, 2.24) is 4.90 Å². The molecular weight excluding hydrogens is 252 g/mol. The van der Waals surface area contributed by atoms with Crippen molar-refractivity contribution in [3.05, 3.63) is 35.9 Å². The quantitative estimate of drug-likeness (QED) is 0.845. The summed E-state index contributed by atoms with van der Waals surface area (Å²) in [5.74, 6) is -0.891. The van der Waals surface area contributed by atoms with Gasteiger partial charge in [-0.3, -0.25) is 4.79 Å². The van der Waals surface area contributed by atoms with Crippen LogP contribution in [-0.2, 0) is 9.53 Å². The summed E-state index contributed by atoms with van der Waals surface area (Å²) in [5, 5.41) is 9.28. The Bertz CT molecular complexity index is 475. The summed E-state index contributed by atoms with van der Waals surface area (Å²) in [6, 6.07) is 11.3. The van der Waals surface area contributed by atoms with Gasteiger partial charge in [-0.25, -0.2) is 0 Å². The van der Waals surface area contributed by atoms with E-state index in [1.807, 2.05) is 30.3 Å². The number of carbonyl (C=O) groups is 1. The molecule has 0 aliphatic carbocycles. The number of likely N-dealkylation sites (N-methyl/N-ethyl adjacent to an activating group) is 1. The van der Waals surface area contributed by atoms with Crippen LogP contribution in [-0.4, -0.2) is 37.1 Å². The van der Waals surface area contributed by atoms with E-state index < -0.39 is 5.92 Å². The topological polar surface area (TPSA) is 53.3 Å². The van der Waals surface area contributed by atoms with Crippen LogP contribution in [0.15, 0.2) is 30.3 Å². The smallest absolute Gasteiger partial charge is 0.244 e. The van der Waals surface area contributed by atoms with Crippen LogP contribution in [0.1, 0.15) is 30.7 Å². The summed E-state index contributed by atoms with van der Waals surface area (Å²) >= 11 is 0. The molecule has 0 spiro atoms. The third-order valence-electron chi connectivity index (χ3n) is 3.64. The van der Waals surface area contributed by atoms with Crippen LogP contribution >= 0.6 is 0 Å². The van der Waals surface area contributed by atoms with Crippen LogP contribution in [0.25, 0.3) is 0 Å². The molecule has 0 bridgehead atoms. The van der Waals surface area contributed by atoms with Gasteiger partial charge in [0.1, 0.15) is 5.92 Å². The highest BCUT2D eigenvalue weighted by Gasteiger charge is 2.26. The summed E-state index contributed by atoms with van der Waals surface area (Å²) in [6.07, 6.45) is 3.33. The number of amides is 1. The molecule has 0 saturated carbocycles. The zero-order valence-corrected chi connectivity index (χ0v) is 11.8. The van der Waals surface area contributed by atoms with Crippen molar-refractivity contribution in [2.45, 2.75) is 31.3 Å². The van der Waals surface area contributed by atoms with E-state index in [9.17, 15) is 10.1 Å². The lowest BCUT2D eigenvalue weighted by Crippen LogP contribution is -2.39. The Labute approximate surface area is 120 Å². The monoisotopic (exact) mass is 272 g/mol. The highest BCUT2D eigenvalue weighted by Crippen LogP contribution is 2.19. The van der Waals surface area contributed by atoms with Crippen LogP contribution in [0.5, 0.6) is 0 Å². The third-order valence-corrected chi connectivity index (χ3v) is 3.64. The van der Waals surface area contributed by atoms with Gasteiger partial charge in [-0.1, -0.05) is 30.3 Å². The maximum Gasteiger partial charge on any atom is 0.244 e. The van der Waals surface area contributed by atoms with Crippen molar-refractivity contribution in [2.75, 3.05) is 20.2 Å². The Morgan fingerprint density at radius 1 is 1.45 bits per heavy atom. The molecule has 1 saturated heterocycles. The minimum Gasteiger partial charge on any atom is -0.376 e. The largest absolute Gasteiger partial charge is 0.376 e. The maximum atomic E-state index is 12.4. The van der Waals surface area contributed by atoms with Crippen LogP contribution in [0.3, 0.4) is 0 Å². The van der Waals surface area contributed by atoms with Crippen molar-refractivity contribution < 1.29 is 9.53 Å². The number of carbonyl (C=O) groups excluding carboxylic acids is 1. The zero-order chi connectivity index (χ0) is 14.4. The first-order valence-electron chi connectivity index (χ1n) is 7.03. The lowest BCUT2D eigenvalue weighted by atomic mass is 9.99. The molecule has 1 aromatic carbocycles. The number of nitriles is 1. The first-order chi connectivity index (χ1) is 9.72. The molecular formula is C16H20N2O2. The van der Waals surface area contributed by atoms with Gasteiger partial charge in [-0.05, 0) is 24.8 Å². The Morgan fingerprint density at radius 3 is 2.80 bits per heavy atom. The van der Waals surface area contributed by atoms with E-state index >= 15 is 0 Å². The third kappa shape index (κ3) is 3.58. The van der Waals surface area contributed by atoms with Gasteiger partial charge in [0.25, 0.3) is 0 Å². The van der Waals surface area contributed by atoms with E-state index in [4.69, 9.17) is 4.74 Å². The molecule has 2 atom stereocenters. The Kier molecular flexibility index (Phi) is 5.14. The number of ether oxygens (including phenoxy) is 1. The summed E-state index contributed by atoms with van der Waals surface area (Å²) in [4.78, 5) is 14.0. The number of hydrogen-bond acceptors (Lipinski definition) is 3. The van der Waals surface area contributed by atoms with Crippen molar-refractivity contribution in [1.29, 1.82) is 5.26 Å². The average Bonchev–Trinajstić information content (AvgIpc) is 2.50. The van der Waals surface area contributed by atoms with Crippen molar-refractivity contribution >= 4 is 5.91 Å². The van der Waals surface area contributed by atoms with Gasteiger partial charge in [0.2, 0.25) is 5.91 Å². The molecule has 1 fully saturated rings. The number of hydrogen-bond donors (Lipinski definition) is 0. The summed E-state index contributed by atoms with van der Waals surface area (Å²) < 4.78 is 5.64. The maximum absolute atomic E-state index is 12.4. The second-order valence-electron chi connectivity index (χ2n) is 5.18. The predicted octanol–water partition coefficient (Wildman–Crippen LogP) is 2.32. The van der Waals surface area contributed by atoms with Crippen molar-refractivity contribution in [3.8, 4) is 6.07 Å². The molecule has 2 unspecified atom stereocenters. The average molecular weight is 272 g/mol. The molecule has 1 heterocycles. The molecule has 0 aromatic heterocycles. The fourth-order valence-corrected chi connectivity index (χ4v) is 2.49. The van der Waals surface area contributed by atoms with Crippen LogP contribution in [0, 0.1) is 11.3 Å². The van der Waals surface area contributed by atoms with E-state index in [1.54, 1.807) is 11.9 Å². The molecule has 2 rings (SSSR count). The molecule has 4 heteroatoms. The van der Waals surface area contributed by atoms with Crippen LogP contribution in [0.2, 0.25) is 0 Å². The van der Waals surface area contributed by atoms with E-state index in [1.165, 1.54) is 0 Å². The summed E-state index contributed by atoms with van der Waals surface area (Å²) in [5.41, 5.74) is 0.747. The number of rotatable bonds is 4. The Balaban J connectivity index is 1.99. The minimum atomic E-state index is -0.732. The molecule has 1 amide bonds. The van der Waals surface area contributed by atoms with Gasteiger partial charge < -0.3 is 9.64 Å². The van der Waals surface area contributed by atoms with Gasteiger partial charge in [0, 0.05) is 20.2 Å². The van der Waals surface area contributed by atoms with Crippen molar-refractivity contribution in [2.24, 2.45) is 0 Å². The van der Waals surface area contributed by atoms with E-state index in [-0.39, 0.29) is 12.0 Å². The van der Waals surface area contributed by atoms with Crippen molar-refractivity contribution in [3.63, 3.8) is 0 Å². The van der Waals surface area contributed by atoms with Gasteiger partial charge in [-0.2, -0.15) is 5.26 Å². The molecule has 0 radical (unpaired) electrons. The fraction of sp³-hybridized carbons (Fsp3) is 0.500. The van der Waals surface area contributed by atoms with Gasteiger partial charge in [0.05, 0.1) is 12.2 Å². The van der Waals surface area contributed by atoms with E-state index in [0.29, 0.717) is 6.54 Å². The molecule has 0 N–H and O–H groups in total. The standard InChI is InChI=1S/C16H20N2O2/c1-18(12-14-9-5-6-10-20-14)16(19)15(11-17)13-7-3-2-4-8-13/h2-4,7-8,14-15H,5-6,9-10,12H2,1H3. The number of benzene rings is 1. The first-order valence-corrected chi connectivity index (χ1v) is 7.03. The normalized spacial score (nSPS) is 19.9. The molecule has 1 aliphatic rings. The Morgan fingerprint density at radius 2 is 2.20 bits per heavy atom. The van der Waals surface area contributed by atoms with Gasteiger partial charge in [0.15, 0.2) is 0 Å². The van der Waals surface area contributed by atoms with Crippen LogP contribution in [0.4, 0.5) is 0 Å². The molecule has 4 nitrogen and oxygen atoms in total. The fourth-order valence-electron chi connectivity index (χ4n) is 2.49. The predicted molar refractivity (Wildman–Crippen MR) is 76.0 cm³/mol. The first kappa shape index (κ1) is 14.5. The lowest BCUT2D eigenvalue weighted by Gasteiger charge is -2.28.